The molecule has 1 aliphatic carbocycles. The number of halogens is 1. The Balaban J connectivity index is 1.60. The van der Waals surface area contributed by atoms with Crippen LogP contribution in [-0.2, 0) is 4.79 Å². The monoisotopic (exact) mass is 322 g/mol. The van der Waals surface area contributed by atoms with E-state index in [0.717, 1.165) is 23.9 Å². The number of amides is 1. The zero-order valence-electron chi connectivity index (χ0n) is 12.8. The molecule has 0 atom stereocenters. The first-order valence-corrected chi connectivity index (χ1v) is 7.79. The molecule has 2 aromatic heterocycles. The first kappa shape index (κ1) is 14.6. The Bertz CT molecular complexity index is 926. The van der Waals surface area contributed by atoms with Crippen LogP contribution in [0.5, 0.6) is 0 Å². The Labute approximate surface area is 137 Å². The molecule has 1 fully saturated rings. The molecular formula is C18H15FN4O. The predicted octanol–water partition coefficient (Wildman–Crippen LogP) is 3.62. The van der Waals surface area contributed by atoms with Gasteiger partial charge in [-0.25, -0.2) is 9.37 Å². The van der Waals surface area contributed by atoms with E-state index in [-0.39, 0.29) is 17.6 Å². The van der Waals surface area contributed by atoms with Gasteiger partial charge < -0.3 is 5.32 Å². The van der Waals surface area contributed by atoms with Crippen molar-refractivity contribution in [3.8, 4) is 0 Å². The lowest BCUT2D eigenvalue weighted by Crippen LogP contribution is -2.14. The second-order valence-corrected chi connectivity index (χ2v) is 5.85. The average molecular weight is 322 g/mol. The smallest absolute Gasteiger partial charge is 0.228 e. The van der Waals surface area contributed by atoms with E-state index in [1.807, 2.05) is 18.2 Å². The van der Waals surface area contributed by atoms with E-state index in [2.05, 4.69) is 20.5 Å². The van der Waals surface area contributed by atoms with Gasteiger partial charge in [0.1, 0.15) is 22.8 Å². The van der Waals surface area contributed by atoms with Gasteiger partial charge in [-0.3, -0.25) is 9.89 Å². The van der Waals surface area contributed by atoms with Crippen molar-refractivity contribution >= 4 is 34.9 Å². The van der Waals surface area contributed by atoms with Crippen molar-refractivity contribution in [1.29, 1.82) is 0 Å². The minimum atomic E-state index is -0.268. The van der Waals surface area contributed by atoms with Gasteiger partial charge in [-0.05, 0) is 48.7 Å². The highest BCUT2D eigenvalue weighted by atomic mass is 19.1. The molecule has 1 aromatic carbocycles. The van der Waals surface area contributed by atoms with Crippen molar-refractivity contribution in [2.75, 3.05) is 5.32 Å². The summed E-state index contributed by atoms with van der Waals surface area (Å²) in [6.07, 6.45) is 5.55. The van der Waals surface area contributed by atoms with E-state index >= 15 is 0 Å². The predicted molar refractivity (Wildman–Crippen MR) is 90.6 cm³/mol. The summed E-state index contributed by atoms with van der Waals surface area (Å²) in [5.74, 6) is 0.408. The van der Waals surface area contributed by atoms with Crippen LogP contribution in [0.25, 0.3) is 23.2 Å². The number of anilines is 1. The number of carbonyl (C=O) groups excluding carboxylic acids is 1. The van der Waals surface area contributed by atoms with Crippen LogP contribution in [-0.4, -0.2) is 21.1 Å². The maximum atomic E-state index is 12.9. The van der Waals surface area contributed by atoms with Crippen molar-refractivity contribution in [3.63, 3.8) is 0 Å². The maximum Gasteiger partial charge on any atom is 0.228 e. The first-order chi connectivity index (χ1) is 11.7. The number of aromatic nitrogens is 3. The number of benzene rings is 1. The highest BCUT2D eigenvalue weighted by Gasteiger charge is 2.29. The Morgan fingerprint density at radius 3 is 2.71 bits per heavy atom. The largest absolute Gasteiger partial charge is 0.310 e. The van der Waals surface area contributed by atoms with Crippen molar-refractivity contribution in [2.24, 2.45) is 5.92 Å². The third kappa shape index (κ3) is 3.03. The Morgan fingerprint density at radius 1 is 1.17 bits per heavy atom. The van der Waals surface area contributed by atoms with Crippen molar-refractivity contribution in [3.05, 3.63) is 53.5 Å². The highest BCUT2D eigenvalue weighted by Crippen LogP contribution is 2.30. The van der Waals surface area contributed by atoms with Crippen LogP contribution in [0.3, 0.4) is 0 Å². The Kier molecular flexibility index (Phi) is 3.57. The fourth-order valence-electron chi connectivity index (χ4n) is 2.43. The number of pyridine rings is 1. The molecule has 0 bridgehead atoms. The van der Waals surface area contributed by atoms with Gasteiger partial charge in [0.15, 0.2) is 0 Å². The number of H-pyrrole nitrogens is 1. The third-order valence-electron chi connectivity index (χ3n) is 3.94. The zero-order valence-corrected chi connectivity index (χ0v) is 12.8. The number of carbonyl (C=O) groups is 1. The third-order valence-corrected chi connectivity index (χ3v) is 3.94. The fourth-order valence-corrected chi connectivity index (χ4v) is 2.43. The average Bonchev–Trinajstić information content (AvgIpc) is 3.36. The van der Waals surface area contributed by atoms with E-state index < -0.39 is 0 Å². The van der Waals surface area contributed by atoms with Crippen molar-refractivity contribution < 1.29 is 9.18 Å². The number of aromatic amines is 1. The van der Waals surface area contributed by atoms with Gasteiger partial charge in [-0.1, -0.05) is 18.2 Å². The molecule has 1 aliphatic rings. The van der Waals surface area contributed by atoms with Gasteiger partial charge in [0.05, 0.1) is 5.52 Å². The molecule has 2 heterocycles. The molecule has 0 unspecified atom stereocenters. The van der Waals surface area contributed by atoms with Crippen molar-refractivity contribution in [1.82, 2.24) is 15.2 Å². The molecule has 2 N–H and O–H groups in total. The fraction of sp³-hybridized carbons (Fsp3) is 0.167. The van der Waals surface area contributed by atoms with Crippen LogP contribution in [0, 0.1) is 11.7 Å². The van der Waals surface area contributed by atoms with Gasteiger partial charge in [0.2, 0.25) is 5.91 Å². The molecule has 1 saturated carbocycles. The standard InChI is InChI=1S/C18H15FN4O/c19-13-6-1-11(2-7-13)3-8-14-17-15(23-22-14)9-10-16(20-17)21-18(24)12-4-5-12/h1-3,6-10,12H,4-5H2,(H,22,23)(H,20,21,24). The molecule has 5 nitrogen and oxygen atoms in total. The summed E-state index contributed by atoms with van der Waals surface area (Å²) in [5, 5.41) is 9.98. The summed E-state index contributed by atoms with van der Waals surface area (Å²) < 4.78 is 12.9. The lowest BCUT2D eigenvalue weighted by Gasteiger charge is -2.02. The van der Waals surface area contributed by atoms with Crippen LogP contribution in [0.1, 0.15) is 24.1 Å². The lowest BCUT2D eigenvalue weighted by atomic mass is 10.2. The SMILES string of the molecule is O=C(Nc1ccc2[nH]nc(C=Cc3ccc(F)cc3)c2n1)C1CC1. The van der Waals surface area contributed by atoms with E-state index in [4.69, 9.17) is 0 Å². The molecule has 3 aromatic rings. The van der Waals surface area contributed by atoms with Crippen LogP contribution in [0.4, 0.5) is 10.2 Å². The number of nitrogens with one attached hydrogen (secondary N) is 2. The van der Waals surface area contributed by atoms with Crippen LogP contribution in [0.2, 0.25) is 0 Å². The lowest BCUT2D eigenvalue weighted by molar-refractivity contribution is -0.117. The van der Waals surface area contributed by atoms with Gasteiger partial charge >= 0.3 is 0 Å². The second-order valence-electron chi connectivity index (χ2n) is 5.85. The molecule has 6 heteroatoms. The molecular weight excluding hydrogens is 307 g/mol. The van der Waals surface area contributed by atoms with Gasteiger partial charge in [-0.2, -0.15) is 5.10 Å². The van der Waals surface area contributed by atoms with E-state index in [1.54, 1.807) is 18.2 Å². The van der Waals surface area contributed by atoms with Crippen molar-refractivity contribution in [2.45, 2.75) is 12.8 Å². The van der Waals surface area contributed by atoms with E-state index in [1.165, 1.54) is 12.1 Å². The van der Waals surface area contributed by atoms with E-state index in [0.29, 0.717) is 17.0 Å². The molecule has 24 heavy (non-hydrogen) atoms. The van der Waals surface area contributed by atoms with Crippen LogP contribution in [0.15, 0.2) is 36.4 Å². The topological polar surface area (TPSA) is 70.7 Å². The summed E-state index contributed by atoms with van der Waals surface area (Å²) in [7, 11) is 0. The summed E-state index contributed by atoms with van der Waals surface area (Å²) >= 11 is 0. The maximum absolute atomic E-state index is 12.9. The van der Waals surface area contributed by atoms with Gasteiger partial charge in [0, 0.05) is 5.92 Å². The number of fused-ring (bicyclic) bond motifs is 1. The summed E-state index contributed by atoms with van der Waals surface area (Å²) in [6, 6.07) is 9.80. The Hall–Kier alpha value is -3.02. The molecule has 4 rings (SSSR count). The summed E-state index contributed by atoms with van der Waals surface area (Å²) in [4.78, 5) is 16.3. The zero-order chi connectivity index (χ0) is 16.5. The summed E-state index contributed by atoms with van der Waals surface area (Å²) in [5.41, 5.74) is 3.00. The van der Waals surface area contributed by atoms with Crippen LogP contribution < -0.4 is 5.32 Å². The quantitative estimate of drug-likeness (QED) is 0.771. The Morgan fingerprint density at radius 2 is 1.96 bits per heavy atom. The molecule has 0 spiro atoms. The van der Waals surface area contributed by atoms with E-state index in [9.17, 15) is 9.18 Å². The molecule has 120 valence electrons. The number of hydrogen-bond donors (Lipinski definition) is 2. The minimum absolute atomic E-state index is 0.0220. The van der Waals surface area contributed by atoms with Crippen LogP contribution >= 0.6 is 0 Å². The number of rotatable bonds is 4. The molecule has 1 amide bonds. The first-order valence-electron chi connectivity index (χ1n) is 7.79. The highest BCUT2D eigenvalue weighted by molar-refractivity contribution is 5.95. The summed E-state index contributed by atoms with van der Waals surface area (Å²) in [6.45, 7) is 0. The number of nitrogens with zero attached hydrogens (tertiary/aromatic N) is 2. The molecule has 0 radical (unpaired) electrons. The minimum Gasteiger partial charge on any atom is -0.310 e. The second kappa shape index (κ2) is 5.88. The normalized spacial score (nSPS) is 14.4. The number of hydrogen-bond acceptors (Lipinski definition) is 3. The molecule has 0 saturated heterocycles. The molecule has 0 aliphatic heterocycles. The van der Waals surface area contributed by atoms with Gasteiger partial charge in [0.25, 0.3) is 0 Å². The van der Waals surface area contributed by atoms with Gasteiger partial charge in [-0.15, -0.1) is 0 Å².